The van der Waals surface area contributed by atoms with Crippen LogP contribution < -0.4 is 16.2 Å². The minimum Gasteiger partial charge on any atom is -0.382 e. The summed E-state index contributed by atoms with van der Waals surface area (Å²) in [5, 5.41) is 8.13. The van der Waals surface area contributed by atoms with Gasteiger partial charge in [-0.05, 0) is 90.7 Å². The lowest BCUT2D eigenvalue weighted by atomic mass is 9.74. The van der Waals surface area contributed by atoms with Crippen LogP contribution in [-0.2, 0) is 12.1 Å². The number of nitrogens with one attached hydrogen (secondary N) is 2. The Hall–Kier alpha value is -2.74. The maximum Gasteiger partial charge on any atom is 0.261 e. The molecule has 0 amide bonds. The Labute approximate surface area is 246 Å². The van der Waals surface area contributed by atoms with Gasteiger partial charge < -0.3 is 10.6 Å². The van der Waals surface area contributed by atoms with Gasteiger partial charge in [0, 0.05) is 49.0 Å². The molecule has 0 radical (unpaired) electrons. The molecule has 2 fully saturated rings. The normalized spacial score (nSPS) is 26.4. The molecule has 2 N–H and O–H groups in total. The summed E-state index contributed by atoms with van der Waals surface area (Å²) in [6, 6.07) is 18.5. The number of fused-ring (bicyclic) bond motifs is 1. The van der Waals surface area contributed by atoms with Crippen molar-refractivity contribution in [3.63, 3.8) is 0 Å². The fraction of sp³-hybridized carbons (Fsp3) is 0.588. The van der Waals surface area contributed by atoms with Crippen LogP contribution in [0, 0.1) is 0 Å². The largest absolute Gasteiger partial charge is 0.382 e. The molecule has 1 saturated carbocycles. The molecule has 3 atom stereocenters. The summed E-state index contributed by atoms with van der Waals surface area (Å²) in [7, 11) is 4.41. The monoisotopic (exact) mass is 558 g/mol. The van der Waals surface area contributed by atoms with Gasteiger partial charge in [0.05, 0.1) is 16.9 Å². The summed E-state index contributed by atoms with van der Waals surface area (Å²) >= 11 is 0. The zero-order chi connectivity index (χ0) is 29.1. The minimum atomic E-state index is 0.0764. The van der Waals surface area contributed by atoms with Crippen LogP contribution >= 0.6 is 0 Å². The number of hydrogen-bond acceptors (Lipinski definition) is 6. The molecule has 2 heterocycles. The highest BCUT2D eigenvalue weighted by Gasteiger charge is 2.38. The Kier molecular flexibility index (Phi) is 9.17. The Morgan fingerprint density at radius 2 is 1.73 bits per heavy atom. The average molecular weight is 559 g/mol. The van der Waals surface area contributed by atoms with Crippen LogP contribution in [0.15, 0.2) is 53.3 Å². The zero-order valence-corrected chi connectivity index (χ0v) is 26.0. The molecule has 1 saturated heterocycles. The number of piperazine rings is 1. The van der Waals surface area contributed by atoms with Crippen molar-refractivity contribution in [2.75, 3.05) is 32.5 Å². The van der Waals surface area contributed by atoms with Crippen LogP contribution in [0.1, 0.15) is 83.6 Å². The van der Waals surface area contributed by atoms with Crippen molar-refractivity contribution < 1.29 is 0 Å². The highest BCUT2D eigenvalue weighted by atomic mass is 16.1. The first kappa shape index (κ1) is 29.7. The molecule has 1 aliphatic carbocycles. The maximum absolute atomic E-state index is 13.9. The SMILES string of the molecule is CCC[C@@H](c1nc2ccc(NC3CCC(c4ccccc4)(N(C)C)CC3)cc2c(=O)n1CC)N1C[C@@H](C)N[C@@H](C)C1. The van der Waals surface area contributed by atoms with Gasteiger partial charge in [-0.15, -0.1) is 0 Å². The summed E-state index contributed by atoms with van der Waals surface area (Å²) in [5.74, 6) is 0.919. The number of rotatable bonds is 9. The molecular weight excluding hydrogens is 508 g/mol. The number of benzene rings is 2. The van der Waals surface area contributed by atoms with Crippen molar-refractivity contribution >= 4 is 16.6 Å². The molecule has 0 bridgehead atoms. The predicted molar refractivity (Wildman–Crippen MR) is 171 cm³/mol. The highest BCUT2D eigenvalue weighted by molar-refractivity contribution is 5.81. The third kappa shape index (κ3) is 6.08. The first-order chi connectivity index (χ1) is 19.8. The van der Waals surface area contributed by atoms with Crippen LogP contribution in [0.4, 0.5) is 5.69 Å². The van der Waals surface area contributed by atoms with E-state index in [1.54, 1.807) is 0 Å². The van der Waals surface area contributed by atoms with Crippen molar-refractivity contribution in [3.05, 3.63) is 70.3 Å². The van der Waals surface area contributed by atoms with Gasteiger partial charge in [0.1, 0.15) is 5.82 Å². The molecule has 3 aromatic rings. The number of nitrogens with zero attached hydrogens (tertiary/aromatic N) is 4. The molecule has 1 aromatic heterocycles. The van der Waals surface area contributed by atoms with Gasteiger partial charge in [0.15, 0.2) is 0 Å². The first-order valence-electron chi connectivity index (χ1n) is 15.8. The molecule has 1 aliphatic heterocycles. The third-order valence-electron chi connectivity index (χ3n) is 9.54. The average Bonchev–Trinajstić information content (AvgIpc) is 2.96. The number of anilines is 1. The smallest absolute Gasteiger partial charge is 0.261 e. The predicted octanol–water partition coefficient (Wildman–Crippen LogP) is 5.75. The van der Waals surface area contributed by atoms with Crippen LogP contribution in [0.3, 0.4) is 0 Å². The lowest BCUT2D eigenvalue weighted by Gasteiger charge is -2.46. The van der Waals surface area contributed by atoms with E-state index >= 15 is 0 Å². The van der Waals surface area contributed by atoms with Gasteiger partial charge >= 0.3 is 0 Å². The molecule has 0 spiro atoms. The molecule has 2 aliphatic rings. The molecule has 5 rings (SSSR count). The number of hydrogen-bond donors (Lipinski definition) is 2. The van der Waals surface area contributed by atoms with E-state index in [0.717, 1.165) is 68.6 Å². The fourth-order valence-corrected chi connectivity index (χ4v) is 7.48. The van der Waals surface area contributed by atoms with E-state index in [1.165, 1.54) is 5.56 Å². The second-order valence-corrected chi connectivity index (χ2v) is 12.7. The van der Waals surface area contributed by atoms with E-state index in [1.807, 2.05) is 16.7 Å². The van der Waals surface area contributed by atoms with Crippen molar-refractivity contribution in [1.82, 2.24) is 24.7 Å². The Morgan fingerprint density at radius 3 is 2.34 bits per heavy atom. The van der Waals surface area contributed by atoms with Crippen LogP contribution in [0.5, 0.6) is 0 Å². The minimum absolute atomic E-state index is 0.0764. The summed E-state index contributed by atoms with van der Waals surface area (Å²) < 4.78 is 1.93. The second kappa shape index (κ2) is 12.6. The van der Waals surface area contributed by atoms with Gasteiger partial charge in [-0.25, -0.2) is 4.98 Å². The number of aromatic nitrogens is 2. The van der Waals surface area contributed by atoms with Gasteiger partial charge in [-0.3, -0.25) is 19.2 Å². The zero-order valence-electron chi connectivity index (χ0n) is 26.0. The van der Waals surface area contributed by atoms with Crippen molar-refractivity contribution in [1.29, 1.82) is 0 Å². The maximum atomic E-state index is 13.9. The molecule has 41 heavy (non-hydrogen) atoms. The molecule has 2 aromatic carbocycles. The molecular formula is C34H50N6O. The van der Waals surface area contributed by atoms with E-state index in [-0.39, 0.29) is 17.1 Å². The Bertz CT molecular complexity index is 1350. The summed E-state index contributed by atoms with van der Waals surface area (Å²) in [5.41, 5.74) is 3.38. The van der Waals surface area contributed by atoms with E-state index in [2.05, 4.69) is 98.6 Å². The summed E-state index contributed by atoms with van der Waals surface area (Å²) in [6.07, 6.45) is 6.42. The molecule has 222 valence electrons. The van der Waals surface area contributed by atoms with Crippen LogP contribution in [0.2, 0.25) is 0 Å². The summed E-state index contributed by atoms with van der Waals surface area (Å²) in [6.45, 7) is 11.3. The van der Waals surface area contributed by atoms with E-state index in [9.17, 15) is 4.79 Å². The molecule has 7 heteroatoms. The van der Waals surface area contributed by atoms with E-state index < -0.39 is 0 Å². The van der Waals surface area contributed by atoms with Gasteiger partial charge in [0.2, 0.25) is 0 Å². The molecule has 7 nitrogen and oxygen atoms in total. The lowest BCUT2D eigenvalue weighted by Crippen LogP contribution is -2.55. The van der Waals surface area contributed by atoms with Crippen LogP contribution in [0.25, 0.3) is 10.9 Å². The van der Waals surface area contributed by atoms with Crippen molar-refractivity contribution in [2.24, 2.45) is 0 Å². The highest BCUT2D eigenvalue weighted by Crippen LogP contribution is 2.41. The van der Waals surface area contributed by atoms with Gasteiger partial charge in [-0.2, -0.15) is 0 Å². The lowest BCUT2D eigenvalue weighted by molar-refractivity contribution is 0.0945. The van der Waals surface area contributed by atoms with Crippen molar-refractivity contribution in [3.8, 4) is 0 Å². The van der Waals surface area contributed by atoms with E-state index in [4.69, 9.17) is 4.98 Å². The van der Waals surface area contributed by atoms with Gasteiger partial charge in [0.25, 0.3) is 5.56 Å². The van der Waals surface area contributed by atoms with Crippen molar-refractivity contribution in [2.45, 2.75) is 102 Å². The van der Waals surface area contributed by atoms with Crippen LogP contribution in [-0.4, -0.2) is 64.7 Å². The van der Waals surface area contributed by atoms with Gasteiger partial charge in [-0.1, -0.05) is 43.7 Å². The molecule has 0 unspecified atom stereocenters. The Balaban J connectivity index is 1.38. The topological polar surface area (TPSA) is 65.4 Å². The standard InChI is InChI=1S/C34H50N6O/c1-7-12-31(39-22-24(3)35-25(4)23-39)32-37-30-16-15-28(21-29(30)33(41)40(32)8-2)36-27-17-19-34(20-18-27,38(5)6)26-13-10-9-11-14-26/h9-11,13-16,21,24-25,27,31,35-36H,7-8,12,17-20,22-23H2,1-6H3/t24-,25+,27?,31-,34?/m0/s1. The third-order valence-corrected chi connectivity index (χ3v) is 9.54. The second-order valence-electron chi connectivity index (χ2n) is 12.7. The summed E-state index contributed by atoms with van der Waals surface area (Å²) in [4.78, 5) is 24.0. The van der Waals surface area contributed by atoms with E-state index in [0.29, 0.717) is 30.1 Å². The fourth-order valence-electron chi connectivity index (χ4n) is 7.48. The first-order valence-corrected chi connectivity index (χ1v) is 15.8. The Morgan fingerprint density at radius 1 is 1.05 bits per heavy atom. The quantitative estimate of drug-likeness (QED) is 0.349.